The molecule has 0 saturated heterocycles. The first-order chi connectivity index (χ1) is 15.2. The number of amides is 1. The van der Waals surface area contributed by atoms with Gasteiger partial charge in [-0.1, -0.05) is 48.5 Å². The largest absolute Gasteiger partial charge is 0.478 e. The van der Waals surface area contributed by atoms with Crippen molar-refractivity contribution >= 4 is 17.7 Å². The van der Waals surface area contributed by atoms with Crippen molar-refractivity contribution in [2.24, 2.45) is 0 Å². The molecule has 1 amide bonds. The first-order valence-corrected chi connectivity index (χ1v) is 9.71. The average molecular weight is 441 g/mol. The lowest BCUT2D eigenvalue weighted by atomic mass is 9.98. The monoisotopic (exact) mass is 441 g/mol. The molecule has 0 bridgehead atoms. The van der Waals surface area contributed by atoms with Gasteiger partial charge in [-0.3, -0.25) is 4.90 Å². The smallest absolute Gasteiger partial charge is 0.416 e. The summed E-state index contributed by atoms with van der Waals surface area (Å²) in [4.78, 5) is 25.1. The second kappa shape index (κ2) is 8.03. The summed E-state index contributed by atoms with van der Waals surface area (Å²) in [5, 5.41) is 9.36. The molecule has 3 aromatic rings. The van der Waals surface area contributed by atoms with E-state index in [2.05, 4.69) is 0 Å². The highest BCUT2D eigenvalue weighted by Gasteiger charge is 2.33. The molecule has 0 fully saturated rings. The highest BCUT2D eigenvalue weighted by molar-refractivity contribution is 6.00. The van der Waals surface area contributed by atoms with Crippen LogP contribution < -0.4 is 4.90 Å². The summed E-state index contributed by atoms with van der Waals surface area (Å²) in [5.41, 5.74) is 2.16. The van der Waals surface area contributed by atoms with Gasteiger partial charge in [-0.2, -0.15) is 13.2 Å². The van der Waals surface area contributed by atoms with Crippen LogP contribution in [0.4, 0.5) is 23.7 Å². The Morgan fingerprint density at radius 3 is 2.06 bits per heavy atom. The van der Waals surface area contributed by atoms with E-state index in [1.54, 1.807) is 0 Å². The highest BCUT2D eigenvalue weighted by atomic mass is 19.4. The van der Waals surface area contributed by atoms with Crippen LogP contribution in [0.15, 0.2) is 66.7 Å². The Labute approximate surface area is 181 Å². The lowest BCUT2D eigenvalue weighted by Gasteiger charge is -2.21. The van der Waals surface area contributed by atoms with E-state index in [4.69, 9.17) is 4.74 Å². The Kier molecular flexibility index (Phi) is 5.38. The SMILES string of the molecule is CN(C(=O)OCC1c2ccccc2-c2ccccc21)c1ccc(C(F)(F)F)cc1C(=O)O. The number of ether oxygens (including phenoxy) is 1. The Morgan fingerprint density at radius 1 is 0.969 bits per heavy atom. The van der Waals surface area contributed by atoms with Crippen LogP contribution in [-0.2, 0) is 10.9 Å². The number of carbonyl (C=O) groups is 2. The fraction of sp³-hybridized carbons (Fsp3) is 0.167. The van der Waals surface area contributed by atoms with Crippen LogP contribution in [-0.4, -0.2) is 30.8 Å². The summed E-state index contributed by atoms with van der Waals surface area (Å²) in [6.07, 6.45) is -5.57. The minimum Gasteiger partial charge on any atom is -0.478 e. The van der Waals surface area contributed by atoms with Gasteiger partial charge in [-0.05, 0) is 40.5 Å². The second-order valence-corrected chi connectivity index (χ2v) is 7.40. The van der Waals surface area contributed by atoms with Crippen LogP contribution in [0.25, 0.3) is 11.1 Å². The zero-order chi connectivity index (χ0) is 23.0. The first-order valence-electron chi connectivity index (χ1n) is 9.71. The molecular formula is C24H18F3NO4. The quantitative estimate of drug-likeness (QED) is 0.557. The molecule has 0 heterocycles. The number of halogens is 3. The minimum absolute atomic E-state index is 0.000238. The Bertz CT molecular complexity index is 1160. The second-order valence-electron chi connectivity index (χ2n) is 7.40. The van der Waals surface area contributed by atoms with Crippen LogP contribution in [0.1, 0.15) is 33.0 Å². The van der Waals surface area contributed by atoms with Gasteiger partial charge in [0.2, 0.25) is 0 Å². The third-order valence-electron chi connectivity index (χ3n) is 5.53. The van der Waals surface area contributed by atoms with Gasteiger partial charge >= 0.3 is 18.2 Å². The van der Waals surface area contributed by atoms with Gasteiger partial charge in [0.1, 0.15) is 6.61 Å². The van der Waals surface area contributed by atoms with Gasteiger partial charge in [0.25, 0.3) is 0 Å². The molecule has 0 saturated carbocycles. The number of hydrogen-bond acceptors (Lipinski definition) is 3. The maximum atomic E-state index is 13.0. The summed E-state index contributed by atoms with van der Waals surface area (Å²) in [7, 11) is 1.26. The zero-order valence-electron chi connectivity index (χ0n) is 16.9. The van der Waals surface area contributed by atoms with Crippen LogP contribution in [0.5, 0.6) is 0 Å². The molecule has 3 aromatic carbocycles. The van der Waals surface area contributed by atoms with Crippen molar-refractivity contribution in [1.29, 1.82) is 0 Å². The third-order valence-corrected chi connectivity index (χ3v) is 5.53. The van der Waals surface area contributed by atoms with Gasteiger partial charge in [0.15, 0.2) is 0 Å². The molecule has 5 nitrogen and oxygen atoms in total. The van der Waals surface area contributed by atoms with Crippen molar-refractivity contribution < 1.29 is 32.6 Å². The van der Waals surface area contributed by atoms with E-state index in [9.17, 15) is 27.9 Å². The number of hydrogen-bond donors (Lipinski definition) is 1. The zero-order valence-corrected chi connectivity index (χ0v) is 16.9. The fourth-order valence-electron chi connectivity index (χ4n) is 3.97. The van der Waals surface area contributed by atoms with E-state index in [0.717, 1.165) is 39.3 Å². The molecule has 0 unspecified atom stereocenters. The number of alkyl halides is 3. The predicted molar refractivity (Wildman–Crippen MR) is 112 cm³/mol. The Morgan fingerprint density at radius 2 is 1.53 bits per heavy atom. The van der Waals surface area contributed by atoms with Crippen LogP contribution in [0, 0.1) is 0 Å². The van der Waals surface area contributed by atoms with Gasteiger partial charge in [0.05, 0.1) is 16.8 Å². The lowest BCUT2D eigenvalue weighted by Crippen LogP contribution is -2.30. The van der Waals surface area contributed by atoms with Gasteiger partial charge in [0, 0.05) is 13.0 Å². The topological polar surface area (TPSA) is 66.8 Å². The lowest BCUT2D eigenvalue weighted by molar-refractivity contribution is -0.137. The number of anilines is 1. The average Bonchev–Trinajstić information content (AvgIpc) is 3.09. The van der Waals surface area contributed by atoms with Crippen molar-refractivity contribution in [2.75, 3.05) is 18.6 Å². The van der Waals surface area contributed by atoms with E-state index in [1.165, 1.54) is 7.05 Å². The van der Waals surface area contributed by atoms with Crippen molar-refractivity contribution in [3.63, 3.8) is 0 Å². The number of rotatable bonds is 4. The summed E-state index contributed by atoms with van der Waals surface area (Å²) >= 11 is 0. The normalized spacial score (nSPS) is 12.8. The van der Waals surface area contributed by atoms with Crippen LogP contribution in [0.2, 0.25) is 0 Å². The van der Waals surface area contributed by atoms with Crippen LogP contribution in [0.3, 0.4) is 0 Å². The molecule has 1 aliphatic carbocycles. The highest BCUT2D eigenvalue weighted by Crippen LogP contribution is 2.44. The summed E-state index contributed by atoms with van der Waals surface area (Å²) < 4.78 is 44.3. The third kappa shape index (κ3) is 3.79. The number of carboxylic acids is 1. The van der Waals surface area contributed by atoms with E-state index in [1.807, 2.05) is 48.5 Å². The van der Waals surface area contributed by atoms with Gasteiger partial charge in [-0.25, -0.2) is 9.59 Å². The molecular weight excluding hydrogens is 423 g/mol. The predicted octanol–water partition coefficient (Wildman–Crippen LogP) is 5.79. The molecule has 0 spiro atoms. The maximum absolute atomic E-state index is 13.0. The number of fused-ring (bicyclic) bond motifs is 3. The standard InChI is InChI=1S/C24H18F3NO4/c1-28(21-11-10-14(24(25,26)27)12-19(21)22(29)30)23(31)32-13-20-17-8-4-2-6-15(17)16-7-3-5-9-18(16)20/h2-12,20H,13H2,1H3,(H,29,30). The van der Waals surface area contributed by atoms with Gasteiger partial charge < -0.3 is 9.84 Å². The number of aromatic carboxylic acids is 1. The molecule has 1 N–H and O–H groups in total. The molecule has 0 aromatic heterocycles. The van der Waals surface area contributed by atoms with Crippen molar-refractivity contribution in [3.05, 3.63) is 89.0 Å². The molecule has 4 rings (SSSR count). The number of benzene rings is 3. The fourth-order valence-corrected chi connectivity index (χ4v) is 3.97. The summed E-state index contributed by atoms with van der Waals surface area (Å²) in [6, 6.07) is 17.7. The molecule has 8 heteroatoms. The van der Waals surface area contributed by atoms with Gasteiger partial charge in [-0.15, -0.1) is 0 Å². The molecule has 0 radical (unpaired) electrons. The van der Waals surface area contributed by atoms with E-state index >= 15 is 0 Å². The number of carbonyl (C=O) groups excluding carboxylic acids is 1. The Hall–Kier alpha value is -3.81. The minimum atomic E-state index is -4.70. The van der Waals surface area contributed by atoms with E-state index < -0.39 is 29.4 Å². The van der Waals surface area contributed by atoms with E-state index in [-0.39, 0.29) is 18.2 Å². The van der Waals surface area contributed by atoms with Crippen molar-refractivity contribution in [1.82, 2.24) is 0 Å². The molecule has 0 aliphatic heterocycles. The summed E-state index contributed by atoms with van der Waals surface area (Å²) in [5.74, 6) is -1.78. The first kappa shape index (κ1) is 21.4. The Balaban J connectivity index is 1.56. The molecule has 0 atom stereocenters. The van der Waals surface area contributed by atoms with Crippen LogP contribution >= 0.6 is 0 Å². The maximum Gasteiger partial charge on any atom is 0.416 e. The molecule has 32 heavy (non-hydrogen) atoms. The summed E-state index contributed by atoms with van der Waals surface area (Å²) in [6.45, 7) is 0.000238. The number of nitrogens with zero attached hydrogens (tertiary/aromatic N) is 1. The van der Waals surface area contributed by atoms with E-state index in [0.29, 0.717) is 6.07 Å². The molecule has 1 aliphatic rings. The molecule has 164 valence electrons. The number of carboxylic acid groups (broad SMARTS) is 1. The van der Waals surface area contributed by atoms with Crippen molar-refractivity contribution in [3.8, 4) is 11.1 Å². The van der Waals surface area contributed by atoms with Crippen molar-refractivity contribution in [2.45, 2.75) is 12.1 Å².